The predicted molar refractivity (Wildman–Crippen MR) is 82.2 cm³/mol. The number of esters is 1. The van der Waals surface area contributed by atoms with E-state index in [4.69, 9.17) is 14.6 Å². The minimum atomic E-state index is -0.743. The van der Waals surface area contributed by atoms with E-state index in [1.807, 2.05) is 12.1 Å². The van der Waals surface area contributed by atoms with Gasteiger partial charge in [-0.15, -0.1) is 0 Å². The summed E-state index contributed by atoms with van der Waals surface area (Å²) in [5.41, 5.74) is 0. The van der Waals surface area contributed by atoms with Gasteiger partial charge in [-0.2, -0.15) is 0 Å². The van der Waals surface area contributed by atoms with Crippen LogP contribution in [0.5, 0.6) is 5.75 Å². The zero-order chi connectivity index (χ0) is 14.4. The number of aliphatic hydroxyl groups is 1. The van der Waals surface area contributed by atoms with Crippen molar-refractivity contribution in [3.63, 3.8) is 0 Å². The van der Waals surface area contributed by atoms with Crippen LogP contribution >= 0.6 is 47.8 Å². The van der Waals surface area contributed by atoms with Gasteiger partial charge < -0.3 is 14.6 Å². The maximum atomic E-state index is 11.0. The van der Waals surface area contributed by atoms with Crippen molar-refractivity contribution >= 4 is 53.8 Å². The normalized spacial score (nSPS) is 11.8. The molecule has 0 fully saturated rings. The minimum Gasteiger partial charge on any atom is -0.487 e. The molecule has 1 atom stereocenters. The molecule has 1 aromatic carbocycles. The van der Waals surface area contributed by atoms with Crippen LogP contribution in [0, 0.1) is 0 Å². The van der Waals surface area contributed by atoms with Crippen LogP contribution in [0.15, 0.2) is 38.2 Å². The maximum absolute atomic E-state index is 11.0. The molecule has 19 heavy (non-hydrogen) atoms. The van der Waals surface area contributed by atoms with E-state index in [0.717, 1.165) is 19.5 Å². The van der Waals surface area contributed by atoms with Crippen molar-refractivity contribution < 1.29 is 19.4 Å². The van der Waals surface area contributed by atoms with Crippen LogP contribution < -0.4 is 4.74 Å². The Hall–Kier alpha value is -0.370. The summed E-state index contributed by atoms with van der Waals surface area (Å²) in [4.78, 5) is 11.0. The molecule has 0 saturated carbocycles. The van der Waals surface area contributed by atoms with Crippen molar-refractivity contribution in [3.05, 3.63) is 38.2 Å². The summed E-state index contributed by atoms with van der Waals surface area (Å²) in [7, 11) is 0. The lowest BCUT2D eigenvalue weighted by atomic mass is 10.3. The molecule has 1 rings (SSSR count). The molecule has 1 unspecified atom stereocenters. The van der Waals surface area contributed by atoms with Gasteiger partial charge in [0.15, 0.2) is 6.10 Å². The molecule has 4 nitrogen and oxygen atoms in total. The number of carbonyl (C=O) groups excluding carboxylic acids is 1. The molecule has 0 amide bonds. The second kappa shape index (κ2) is 8.04. The van der Waals surface area contributed by atoms with Crippen molar-refractivity contribution in [2.24, 2.45) is 0 Å². The SMILES string of the molecule is C=CC(=O)OC(CO)COc1c(Br)cc(Br)cc1Br. The van der Waals surface area contributed by atoms with E-state index in [9.17, 15) is 4.79 Å². The zero-order valence-electron chi connectivity index (χ0n) is 9.74. The molecular weight excluding hydrogens is 448 g/mol. The van der Waals surface area contributed by atoms with Gasteiger partial charge in [0.25, 0.3) is 0 Å². The number of hydrogen-bond donors (Lipinski definition) is 1. The number of rotatable bonds is 6. The van der Waals surface area contributed by atoms with Crippen molar-refractivity contribution in [2.75, 3.05) is 13.2 Å². The average molecular weight is 459 g/mol. The van der Waals surface area contributed by atoms with Gasteiger partial charge in [-0.05, 0) is 44.0 Å². The Balaban J connectivity index is 2.70. The molecule has 0 aliphatic carbocycles. The summed E-state index contributed by atoms with van der Waals surface area (Å²) >= 11 is 10.1. The molecule has 0 aliphatic heterocycles. The summed E-state index contributed by atoms with van der Waals surface area (Å²) in [5, 5.41) is 9.11. The van der Waals surface area contributed by atoms with Crippen LogP contribution in [0.4, 0.5) is 0 Å². The maximum Gasteiger partial charge on any atom is 0.330 e. The molecule has 104 valence electrons. The minimum absolute atomic E-state index is 0.0366. The van der Waals surface area contributed by atoms with Crippen LogP contribution in [0.2, 0.25) is 0 Å². The zero-order valence-corrected chi connectivity index (χ0v) is 14.5. The van der Waals surface area contributed by atoms with Gasteiger partial charge in [0.1, 0.15) is 12.4 Å². The Bertz CT molecular complexity index is 453. The summed E-state index contributed by atoms with van der Waals surface area (Å²) in [5.74, 6) is -0.0344. The first-order chi connectivity index (χ1) is 8.97. The topological polar surface area (TPSA) is 55.8 Å². The van der Waals surface area contributed by atoms with Crippen molar-refractivity contribution in [2.45, 2.75) is 6.10 Å². The van der Waals surface area contributed by atoms with Crippen molar-refractivity contribution in [1.29, 1.82) is 0 Å². The van der Waals surface area contributed by atoms with Crippen LogP contribution in [0.3, 0.4) is 0 Å². The number of carbonyl (C=O) groups is 1. The largest absolute Gasteiger partial charge is 0.487 e. The van der Waals surface area contributed by atoms with Gasteiger partial charge in [-0.25, -0.2) is 4.79 Å². The third-order valence-electron chi connectivity index (χ3n) is 2.03. The first-order valence-corrected chi connectivity index (χ1v) is 7.57. The van der Waals surface area contributed by atoms with Gasteiger partial charge in [0.05, 0.1) is 15.6 Å². The predicted octanol–water partition coefficient (Wildman–Crippen LogP) is 3.44. The summed E-state index contributed by atoms with van der Waals surface area (Å²) in [6, 6.07) is 3.65. The molecule has 0 heterocycles. The van der Waals surface area contributed by atoms with Crippen LogP contribution in [0.25, 0.3) is 0 Å². The number of halogens is 3. The smallest absolute Gasteiger partial charge is 0.330 e. The molecule has 1 aromatic rings. The molecule has 0 saturated heterocycles. The lowest BCUT2D eigenvalue weighted by Crippen LogP contribution is -2.28. The van der Waals surface area contributed by atoms with Gasteiger partial charge in [-0.3, -0.25) is 0 Å². The number of benzene rings is 1. The first-order valence-electron chi connectivity index (χ1n) is 5.19. The van der Waals surface area contributed by atoms with E-state index in [-0.39, 0.29) is 13.2 Å². The average Bonchev–Trinajstić information content (AvgIpc) is 2.35. The molecule has 7 heteroatoms. The van der Waals surface area contributed by atoms with E-state index < -0.39 is 12.1 Å². The van der Waals surface area contributed by atoms with E-state index >= 15 is 0 Å². The van der Waals surface area contributed by atoms with E-state index in [0.29, 0.717) is 5.75 Å². The highest BCUT2D eigenvalue weighted by atomic mass is 79.9. The van der Waals surface area contributed by atoms with Gasteiger partial charge >= 0.3 is 5.97 Å². The molecule has 0 aromatic heterocycles. The van der Waals surface area contributed by atoms with Crippen molar-refractivity contribution in [3.8, 4) is 5.75 Å². The summed E-state index contributed by atoms with van der Waals surface area (Å²) in [6.45, 7) is 3.00. The highest BCUT2D eigenvalue weighted by molar-refractivity contribution is 9.11. The second-order valence-corrected chi connectivity index (χ2v) is 6.08. The molecule has 1 N–H and O–H groups in total. The monoisotopic (exact) mass is 456 g/mol. The Morgan fingerprint density at radius 2 is 1.95 bits per heavy atom. The molecule has 0 aliphatic rings. The fourth-order valence-electron chi connectivity index (χ4n) is 1.18. The quantitative estimate of drug-likeness (QED) is 0.524. The number of hydrogen-bond acceptors (Lipinski definition) is 4. The standard InChI is InChI=1S/C12H11Br3O4/c1-2-11(17)19-8(5-16)6-18-12-9(14)3-7(13)4-10(12)15/h2-4,8,16H,1,5-6H2. The summed E-state index contributed by atoms with van der Waals surface area (Å²) < 4.78 is 12.8. The Kier molecular flexibility index (Phi) is 7.06. The van der Waals surface area contributed by atoms with Crippen LogP contribution in [-0.4, -0.2) is 30.4 Å². The third kappa shape index (κ3) is 5.25. The van der Waals surface area contributed by atoms with Gasteiger partial charge in [0.2, 0.25) is 0 Å². The fraction of sp³-hybridized carbons (Fsp3) is 0.250. The van der Waals surface area contributed by atoms with Crippen LogP contribution in [-0.2, 0) is 9.53 Å². The van der Waals surface area contributed by atoms with Gasteiger partial charge in [-0.1, -0.05) is 22.5 Å². The summed E-state index contributed by atoms with van der Waals surface area (Å²) in [6.07, 6.45) is 0.293. The highest BCUT2D eigenvalue weighted by Crippen LogP contribution is 2.36. The van der Waals surface area contributed by atoms with E-state index in [1.165, 1.54) is 0 Å². The second-order valence-electron chi connectivity index (χ2n) is 3.46. The third-order valence-corrected chi connectivity index (χ3v) is 3.67. The Morgan fingerprint density at radius 3 is 2.42 bits per heavy atom. The first kappa shape index (κ1) is 16.7. The van der Waals surface area contributed by atoms with E-state index in [2.05, 4.69) is 54.4 Å². The van der Waals surface area contributed by atoms with Crippen molar-refractivity contribution in [1.82, 2.24) is 0 Å². The highest BCUT2D eigenvalue weighted by Gasteiger charge is 2.15. The molecule has 0 bridgehead atoms. The number of ether oxygens (including phenoxy) is 2. The van der Waals surface area contributed by atoms with Crippen LogP contribution in [0.1, 0.15) is 0 Å². The Labute approximate surface area is 136 Å². The van der Waals surface area contributed by atoms with E-state index in [1.54, 1.807) is 0 Å². The fourth-order valence-corrected chi connectivity index (χ4v) is 3.67. The lowest BCUT2D eigenvalue weighted by Gasteiger charge is -2.17. The number of aliphatic hydroxyl groups excluding tert-OH is 1. The molecule has 0 radical (unpaired) electrons. The lowest BCUT2D eigenvalue weighted by molar-refractivity contribution is -0.146. The molecule has 0 spiro atoms. The van der Waals surface area contributed by atoms with Gasteiger partial charge in [0, 0.05) is 10.5 Å². The molecular formula is C12H11Br3O4. The Morgan fingerprint density at radius 1 is 1.37 bits per heavy atom.